The van der Waals surface area contributed by atoms with Gasteiger partial charge in [0, 0.05) is 6.04 Å². The third kappa shape index (κ3) is 3.31. The van der Waals surface area contributed by atoms with Crippen LogP contribution in [-0.4, -0.2) is 25.7 Å². The lowest BCUT2D eigenvalue weighted by Crippen LogP contribution is -2.49. The molecule has 0 radical (unpaired) electrons. The molecule has 2 rings (SSSR count). The van der Waals surface area contributed by atoms with E-state index in [4.69, 9.17) is 9.47 Å². The Morgan fingerprint density at radius 2 is 1.85 bits per heavy atom. The zero-order valence-corrected chi connectivity index (χ0v) is 12.6. The molecule has 20 heavy (non-hydrogen) atoms. The number of nitrogens with one attached hydrogen (secondary N) is 1. The van der Waals surface area contributed by atoms with Crippen molar-refractivity contribution in [3.63, 3.8) is 0 Å². The van der Waals surface area contributed by atoms with Gasteiger partial charge in [0.25, 0.3) is 0 Å². The summed E-state index contributed by atoms with van der Waals surface area (Å²) < 4.78 is 10.1. The molecular formula is C16H23NO3. The molecule has 1 aromatic rings. The molecule has 0 saturated heterocycles. The molecule has 0 bridgehead atoms. The molecule has 1 unspecified atom stereocenters. The molecule has 1 fully saturated rings. The molecule has 4 nitrogen and oxygen atoms in total. The van der Waals surface area contributed by atoms with Gasteiger partial charge in [0.15, 0.2) is 0 Å². The Morgan fingerprint density at radius 3 is 2.30 bits per heavy atom. The van der Waals surface area contributed by atoms with Gasteiger partial charge >= 0.3 is 5.97 Å². The average molecular weight is 277 g/mol. The van der Waals surface area contributed by atoms with Crippen LogP contribution in [-0.2, 0) is 9.53 Å². The molecule has 1 saturated carbocycles. The van der Waals surface area contributed by atoms with Crippen molar-refractivity contribution in [2.24, 2.45) is 5.92 Å². The highest BCUT2D eigenvalue weighted by Crippen LogP contribution is 2.42. The van der Waals surface area contributed by atoms with Crippen molar-refractivity contribution in [2.75, 3.05) is 14.2 Å². The van der Waals surface area contributed by atoms with Crippen molar-refractivity contribution in [1.29, 1.82) is 0 Å². The molecule has 0 aromatic heterocycles. The van der Waals surface area contributed by atoms with Crippen LogP contribution in [0.3, 0.4) is 0 Å². The third-order valence-electron chi connectivity index (χ3n) is 3.78. The van der Waals surface area contributed by atoms with E-state index in [0.717, 1.165) is 5.75 Å². The fraction of sp³-hybridized carbons (Fsp3) is 0.562. The van der Waals surface area contributed by atoms with E-state index in [1.54, 1.807) is 7.11 Å². The summed E-state index contributed by atoms with van der Waals surface area (Å²) >= 11 is 0. The molecule has 1 atom stereocenters. The first-order valence-electron chi connectivity index (χ1n) is 6.98. The van der Waals surface area contributed by atoms with Gasteiger partial charge in [-0.05, 0) is 50.3 Å². The zero-order chi connectivity index (χ0) is 14.8. The SMILES string of the molecule is COC(=O)C(C)(C)NC(c1ccc(OC)cc1)C1CC1. The maximum absolute atomic E-state index is 11.8. The van der Waals surface area contributed by atoms with E-state index in [2.05, 4.69) is 17.4 Å². The number of benzene rings is 1. The quantitative estimate of drug-likeness (QED) is 0.812. The van der Waals surface area contributed by atoms with Crippen LogP contribution >= 0.6 is 0 Å². The topological polar surface area (TPSA) is 47.6 Å². The number of esters is 1. The first-order chi connectivity index (χ1) is 9.47. The largest absolute Gasteiger partial charge is 0.497 e. The number of hydrogen-bond acceptors (Lipinski definition) is 4. The normalized spacial score (nSPS) is 16.6. The minimum Gasteiger partial charge on any atom is -0.497 e. The summed E-state index contributed by atoms with van der Waals surface area (Å²) in [6.45, 7) is 3.72. The van der Waals surface area contributed by atoms with E-state index in [1.807, 2.05) is 26.0 Å². The minimum atomic E-state index is -0.693. The first kappa shape index (κ1) is 14.9. The fourth-order valence-electron chi connectivity index (χ4n) is 2.42. The van der Waals surface area contributed by atoms with Crippen molar-refractivity contribution in [3.05, 3.63) is 29.8 Å². The summed E-state index contributed by atoms with van der Waals surface area (Å²) in [5, 5.41) is 3.44. The number of rotatable bonds is 6. The van der Waals surface area contributed by atoms with Gasteiger partial charge in [-0.3, -0.25) is 10.1 Å². The highest BCUT2D eigenvalue weighted by atomic mass is 16.5. The standard InChI is InChI=1S/C16H23NO3/c1-16(2,15(18)20-4)17-14(11-5-6-11)12-7-9-13(19-3)10-8-12/h7-11,14,17H,5-6H2,1-4H3. The molecule has 0 aliphatic heterocycles. The highest BCUT2D eigenvalue weighted by Gasteiger charge is 2.38. The van der Waals surface area contributed by atoms with Gasteiger partial charge in [-0.2, -0.15) is 0 Å². The monoisotopic (exact) mass is 277 g/mol. The number of carbonyl (C=O) groups is 1. The second-order valence-corrected chi connectivity index (χ2v) is 5.85. The molecule has 1 aliphatic rings. The lowest BCUT2D eigenvalue weighted by atomic mass is 9.97. The molecule has 1 aliphatic carbocycles. The van der Waals surface area contributed by atoms with Gasteiger partial charge in [0.05, 0.1) is 14.2 Å². The summed E-state index contributed by atoms with van der Waals surface area (Å²) in [4.78, 5) is 11.8. The lowest BCUT2D eigenvalue weighted by molar-refractivity contribution is -0.147. The van der Waals surface area contributed by atoms with Crippen LogP contribution in [0.4, 0.5) is 0 Å². The highest BCUT2D eigenvalue weighted by molar-refractivity contribution is 5.79. The van der Waals surface area contributed by atoms with Crippen molar-refractivity contribution in [2.45, 2.75) is 38.3 Å². The maximum atomic E-state index is 11.8. The predicted octanol–water partition coefficient (Wildman–Crippen LogP) is 2.69. The zero-order valence-electron chi connectivity index (χ0n) is 12.6. The molecule has 1 N–H and O–H groups in total. The summed E-state index contributed by atoms with van der Waals surface area (Å²) in [7, 11) is 3.08. The second-order valence-electron chi connectivity index (χ2n) is 5.85. The maximum Gasteiger partial charge on any atom is 0.325 e. The van der Waals surface area contributed by atoms with Crippen molar-refractivity contribution >= 4 is 5.97 Å². The van der Waals surface area contributed by atoms with Gasteiger partial charge in [0.2, 0.25) is 0 Å². The van der Waals surface area contributed by atoms with Crippen LogP contribution in [0.2, 0.25) is 0 Å². The van der Waals surface area contributed by atoms with Crippen LogP contribution in [0.15, 0.2) is 24.3 Å². The molecule has 110 valence electrons. The number of methoxy groups -OCH3 is 2. The Hall–Kier alpha value is -1.55. The van der Waals surface area contributed by atoms with Crippen LogP contribution < -0.4 is 10.1 Å². The van der Waals surface area contributed by atoms with Gasteiger partial charge in [0.1, 0.15) is 11.3 Å². The molecule has 0 amide bonds. The first-order valence-corrected chi connectivity index (χ1v) is 6.98. The van der Waals surface area contributed by atoms with E-state index in [-0.39, 0.29) is 12.0 Å². The smallest absolute Gasteiger partial charge is 0.325 e. The lowest BCUT2D eigenvalue weighted by Gasteiger charge is -2.30. The number of carbonyl (C=O) groups excluding carboxylic acids is 1. The van der Waals surface area contributed by atoms with Gasteiger partial charge in [-0.15, -0.1) is 0 Å². The van der Waals surface area contributed by atoms with E-state index >= 15 is 0 Å². The van der Waals surface area contributed by atoms with E-state index in [1.165, 1.54) is 25.5 Å². The average Bonchev–Trinajstić information content (AvgIpc) is 3.28. The fourth-order valence-corrected chi connectivity index (χ4v) is 2.42. The van der Waals surface area contributed by atoms with Crippen LogP contribution in [0, 0.1) is 5.92 Å². The summed E-state index contributed by atoms with van der Waals surface area (Å²) in [6, 6.07) is 8.20. The van der Waals surface area contributed by atoms with Crippen LogP contribution in [0.5, 0.6) is 5.75 Å². The Morgan fingerprint density at radius 1 is 1.25 bits per heavy atom. The minimum absolute atomic E-state index is 0.176. The Balaban J connectivity index is 2.16. The summed E-state index contributed by atoms with van der Waals surface area (Å²) in [5.74, 6) is 1.19. The molecule has 1 aromatic carbocycles. The van der Waals surface area contributed by atoms with E-state index in [0.29, 0.717) is 5.92 Å². The van der Waals surface area contributed by atoms with Crippen molar-refractivity contribution < 1.29 is 14.3 Å². The van der Waals surface area contributed by atoms with Crippen LogP contribution in [0.25, 0.3) is 0 Å². The summed E-state index contributed by atoms with van der Waals surface area (Å²) in [5.41, 5.74) is 0.493. The number of ether oxygens (including phenoxy) is 2. The summed E-state index contributed by atoms with van der Waals surface area (Å²) in [6.07, 6.45) is 2.39. The van der Waals surface area contributed by atoms with Gasteiger partial charge < -0.3 is 9.47 Å². The van der Waals surface area contributed by atoms with Gasteiger partial charge in [-0.25, -0.2) is 0 Å². The van der Waals surface area contributed by atoms with Crippen molar-refractivity contribution in [3.8, 4) is 5.75 Å². The van der Waals surface area contributed by atoms with E-state index < -0.39 is 5.54 Å². The molecular weight excluding hydrogens is 254 g/mol. The second kappa shape index (κ2) is 5.83. The Labute approximate surface area is 120 Å². The third-order valence-corrected chi connectivity index (χ3v) is 3.78. The van der Waals surface area contributed by atoms with Crippen molar-refractivity contribution in [1.82, 2.24) is 5.32 Å². The van der Waals surface area contributed by atoms with Crippen LogP contribution in [0.1, 0.15) is 38.3 Å². The molecule has 0 spiro atoms. The predicted molar refractivity (Wildman–Crippen MR) is 77.7 cm³/mol. The Bertz CT molecular complexity index is 463. The number of hydrogen-bond donors (Lipinski definition) is 1. The van der Waals surface area contributed by atoms with Gasteiger partial charge in [-0.1, -0.05) is 12.1 Å². The Kier molecular flexibility index (Phi) is 4.33. The van der Waals surface area contributed by atoms with E-state index in [9.17, 15) is 4.79 Å². The molecule has 0 heterocycles. The molecule has 4 heteroatoms.